The summed E-state index contributed by atoms with van der Waals surface area (Å²) in [7, 11) is 1.49. The van der Waals surface area contributed by atoms with Crippen LogP contribution in [0, 0.1) is 3.57 Å². The number of nitrogens with one attached hydrogen (secondary N) is 1. The fraction of sp³-hybridized carbons (Fsp3) is 0.0625. The quantitative estimate of drug-likeness (QED) is 0.508. The number of fused-ring (bicyclic) bond motifs is 1. The predicted molar refractivity (Wildman–Crippen MR) is 98.0 cm³/mol. The Morgan fingerprint density at radius 3 is 2.82 bits per heavy atom. The summed E-state index contributed by atoms with van der Waals surface area (Å²) in [5, 5.41) is 13.1. The maximum Gasteiger partial charge on any atom is 0.256 e. The van der Waals surface area contributed by atoms with Crippen LogP contribution in [-0.4, -0.2) is 18.1 Å². The van der Waals surface area contributed by atoms with Gasteiger partial charge in [0.15, 0.2) is 11.5 Å². The molecular weight excluding hydrogens is 461 g/mol. The summed E-state index contributed by atoms with van der Waals surface area (Å²) in [6.45, 7) is 0. The molecule has 0 aliphatic carbocycles. The number of benzene rings is 2. The molecule has 0 aromatic heterocycles. The molecular formula is C16H11BrINO3. The van der Waals surface area contributed by atoms with Gasteiger partial charge in [-0.25, -0.2) is 0 Å². The maximum absolute atomic E-state index is 12.2. The summed E-state index contributed by atoms with van der Waals surface area (Å²) in [4.78, 5) is 12.2. The van der Waals surface area contributed by atoms with E-state index in [-0.39, 0.29) is 11.7 Å². The van der Waals surface area contributed by atoms with E-state index < -0.39 is 0 Å². The first-order valence-corrected chi connectivity index (χ1v) is 8.27. The Kier molecular flexibility index (Phi) is 4.14. The van der Waals surface area contributed by atoms with Crippen LogP contribution < -0.4 is 10.1 Å². The summed E-state index contributed by atoms with van der Waals surface area (Å²) >= 11 is 5.60. The van der Waals surface area contributed by atoms with Crippen LogP contribution in [0.5, 0.6) is 11.5 Å². The monoisotopic (exact) mass is 471 g/mol. The number of phenols is 1. The molecule has 0 saturated carbocycles. The van der Waals surface area contributed by atoms with E-state index in [0.717, 1.165) is 14.8 Å². The summed E-state index contributed by atoms with van der Waals surface area (Å²) in [5.41, 5.74) is 2.62. The lowest BCUT2D eigenvalue weighted by atomic mass is 10.0. The predicted octanol–water partition coefficient (Wildman–Crippen LogP) is 4.26. The fourth-order valence-electron chi connectivity index (χ4n) is 2.31. The highest BCUT2D eigenvalue weighted by atomic mass is 127. The van der Waals surface area contributed by atoms with Crippen LogP contribution >= 0.6 is 38.5 Å². The van der Waals surface area contributed by atoms with Crippen molar-refractivity contribution in [1.29, 1.82) is 0 Å². The number of aromatic hydroxyl groups is 1. The van der Waals surface area contributed by atoms with E-state index in [0.29, 0.717) is 21.4 Å². The number of amides is 1. The van der Waals surface area contributed by atoms with E-state index >= 15 is 0 Å². The first-order valence-electron chi connectivity index (χ1n) is 6.39. The minimum atomic E-state index is -0.189. The van der Waals surface area contributed by atoms with Gasteiger partial charge in [-0.1, -0.05) is 15.9 Å². The number of carbonyl (C=O) groups is 1. The highest BCUT2D eigenvalue weighted by Crippen LogP contribution is 2.40. The maximum atomic E-state index is 12.2. The highest BCUT2D eigenvalue weighted by Gasteiger charge is 2.25. The zero-order valence-electron chi connectivity index (χ0n) is 11.5. The van der Waals surface area contributed by atoms with Crippen molar-refractivity contribution in [3.63, 3.8) is 0 Å². The lowest BCUT2D eigenvalue weighted by Gasteiger charge is -2.09. The number of ether oxygens (including phenoxy) is 1. The van der Waals surface area contributed by atoms with Gasteiger partial charge < -0.3 is 15.2 Å². The van der Waals surface area contributed by atoms with Gasteiger partial charge in [0.1, 0.15) is 0 Å². The van der Waals surface area contributed by atoms with Gasteiger partial charge in [-0.05, 0) is 59.0 Å². The summed E-state index contributed by atoms with van der Waals surface area (Å²) in [5.74, 6) is 0.165. The molecule has 22 heavy (non-hydrogen) atoms. The summed E-state index contributed by atoms with van der Waals surface area (Å²) in [6, 6.07) is 9.17. The Labute approximate surface area is 149 Å². The Hall–Kier alpha value is -1.54. The number of hydrogen-bond donors (Lipinski definition) is 2. The van der Waals surface area contributed by atoms with Crippen LogP contribution in [0.25, 0.3) is 11.6 Å². The average Bonchev–Trinajstić information content (AvgIpc) is 2.79. The molecule has 0 spiro atoms. The van der Waals surface area contributed by atoms with Crippen LogP contribution in [0.4, 0.5) is 5.69 Å². The van der Waals surface area contributed by atoms with Crippen molar-refractivity contribution in [2.45, 2.75) is 0 Å². The molecule has 0 fully saturated rings. The van der Waals surface area contributed by atoms with Crippen molar-refractivity contribution in [2.75, 3.05) is 12.4 Å². The molecule has 1 aliphatic heterocycles. The molecule has 0 bridgehead atoms. The molecule has 112 valence electrons. The van der Waals surface area contributed by atoms with Crippen molar-refractivity contribution in [3.05, 3.63) is 49.5 Å². The molecule has 1 heterocycles. The number of hydrogen-bond acceptors (Lipinski definition) is 3. The summed E-state index contributed by atoms with van der Waals surface area (Å²) < 4.78 is 6.84. The minimum absolute atomic E-state index is 0.00347. The normalized spacial score (nSPS) is 14.9. The average molecular weight is 472 g/mol. The largest absolute Gasteiger partial charge is 0.504 e. The minimum Gasteiger partial charge on any atom is -0.504 e. The third-order valence-corrected chi connectivity index (χ3v) is 4.76. The fourth-order valence-corrected chi connectivity index (χ4v) is 3.24. The van der Waals surface area contributed by atoms with Gasteiger partial charge in [-0.15, -0.1) is 0 Å². The van der Waals surface area contributed by atoms with Gasteiger partial charge in [-0.3, -0.25) is 4.79 Å². The van der Waals surface area contributed by atoms with Gasteiger partial charge in [0.2, 0.25) is 0 Å². The van der Waals surface area contributed by atoms with E-state index in [1.807, 2.05) is 18.2 Å². The third kappa shape index (κ3) is 2.61. The molecule has 6 heteroatoms. The van der Waals surface area contributed by atoms with Crippen LogP contribution in [0.3, 0.4) is 0 Å². The Morgan fingerprint density at radius 1 is 1.32 bits per heavy atom. The standard InChI is InChI=1S/C16H11BrINO3/c1-22-14-5-3-12(17)11(15(14)20)7-10-9-6-8(18)2-4-13(9)19-16(10)21/h2-7,20H,1H3,(H,19,21). The van der Waals surface area contributed by atoms with Crippen molar-refractivity contribution < 1.29 is 14.6 Å². The van der Waals surface area contributed by atoms with Crippen LogP contribution in [-0.2, 0) is 4.79 Å². The molecule has 0 saturated heterocycles. The van der Waals surface area contributed by atoms with Crippen molar-refractivity contribution in [3.8, 4) is 11.5 Å². The number of halogens is 2. The highest BCUT2D eigenvalue weighted by molar-refractivity contribution is 14.1. The lowest BCUT2D eigenvalue weighted by molar-refractivity contribution is -0.110. The number of anilines is 1. The number of carbonyl (C=O) groups excluding carboxylic acids is 1. The van der Waals surface area contributed by atoms with Crippen LogP contribution in [0.1, 0.15) is 11.1 Å². The SMILES string of the molecule is COc1ccc(Br)c(C=C2C(=O)Nc3ccc(I)cc32)c1O. The Morgan fingerprint density at radius 2 is 2.09 bits per heavy atom. The van der Waals surface area contributed by atoms with Crippen molar-refractivity contribution >= 4 is 61.8 Å². The molecule has 3 rings (SSSR count). The van der Waals surface area contributed by atoms with Gasteiger partial charge in [0, 0.05) is 30.4 Å². The molecule has 2 aromatic carbocycles. The van der Waals surface area contributed by atoms with Crippen molar-refractivity contribution in [2.24, 2.45) is 0 Å². The Balaban J connectivity index is 2.19. The molecule has 2 N–H and O–H groups in total. The van der Waals surface area contributed by atoms with Crippen molar-refractivity contribution in [1.82, 2.24) is 0 Å². The van der Waals surface area contributed by atoms with Gasteiger partial charge in [0.25, 0.3) is 5.91 Å². The molecule has 0 atom stereocenters. The lowest BCUT2D eigenvalue weighted by Crippen LogP contribution is -2.03. The van der Waals surface area contributed by atoms with E-state index in [4.69, 9.17) is 4.74 Å². The molecule has 4 nitrogen and oxygen atoms in total. The number of phenolic OH excluding ortho intramolecular Hbond substituents is 1. The second kappa shape index (κ2) is 5.92. The van der Waals surface area contributed by atoms with Crippen LogP contribution in [0.15, 0.2) is 34.8 Å². The van der Waals surface area contributed by atoms with E-state index in [2.05, 4.69) is 43.8 Å². The first kappa shape index (κ1) is 15.4. The molecule has 0 unspecified atom stereocenters. The smallest absolute Gasteiger partial charge is 0.256 e. The molecule has 2 aromatic rings. The second-order valence-corrected chi connectivity index (χ2v) is 6.81. The van der Waals surface area contributed by atoms with Gasteiger partial charge in [0.05, 0.1) is 7.11 Å². The van der Waals surface area contributed by atoms with E-state index in [1.54, 1.807) is 18.2 Å². The van der Waals surface area contributed by atoms with Gasteiger partial charge >= 0.3 is 0 Å². The topological polar surface area (TPSA) is 58.6 Å². The molecule has 1 amide bonds. The van der Waals surface area contributed by atoms with Gasteiger partial charge in [-0.2, -0.15) is 0 Å². The van der Waals surface area contributed by atoms with Crippen LogP contribution in [0.2, 0.25) is 0 Å². The zero-order valence-corrected chi connectivity index (χ0v) is 15.2. The second-order valence-electron chi connectivity index (χ2n) is 4.71. The number of methoxy groups -OCH3 is 1. The van der Waals surface area contributed by atoms with E-state index in [9.17, 15) is 9.90 Å². The first-order chi connectivity index (χ1) is 10.5. The molecule has 0 radical (unpaired) electrons. The Bertz CT molecular complexity index is 817. The van der Waals surface area contributed by atoms with E-state index in [1.165, 1.54) is 7.11 Å². The molecule has 1 aliphatic rings. The third-order valence-electron chi connectivity index (χ3n) is 3.40. The number of rotatable bonds is 2. The zero-order chi connectivity index (χ0) is 15.9. The summed E-state index contributed by atoms with van der Waals surface area (Å²) in [6.07, 6.45) is 1.67.